The van der Waals surface area contributed by atoms with E-state index in [0.29, 0.717) is 6.61 Å². The van der Waals surface area contributed by atoms with Gasteiger partial charge in [0.1, 0.15) is 0 Å². The van der Waals surface area contributed by atoms with Gasteiger partial charge in [0.15, 0.2) is 0 Å². The van der Waals surface area contributed by atoms with E-state index in [-0.39, 0.29) is 6.47 Å². The zero-order chi connectivity index (χ0) is 10.5. The maximum atomic E-state index is 9.61. The first-order valence-corrected chi connectivity index (χ1v) is 5.30. The second-order valence-electron chi connectivity index (χ2n) is 3.20. The number of carbonyl (C=O) groups excluding carboxylic acids is 1. The van der Waals surface area contributed by atoms with Gasteiger partial charge in [-0.05, 0) is 11.5 Å². The fourth-order valence-electron chi connectivity index (χ4n) is 1.20. The van der Waals surface area contributed by atoms with Crippen molar-refractivity contribution in [1.82, 2.24) is 0 Å². The van der Waals surface area contributed by atoms with Gasteiger partial charge in [0, 0.05) is 0 Å². The molecule has 0 rings (SSSR count). The van der Waals surface area contributed by atoms with Crippen molar-refractivity contribution in [3.8, 4) is 0 Å². The number of carbonyl (C=O) groups is 1. The van der Waals surface area contributed by atoms with Gasteiger partial charge in [-0.1, -0.05) is 45.4 Å². The molecule has 0 unspecified atom stereocenters. The number of hydrogen-bond donors (Lipinski definition) is 0. The van der Waals surface area contributed by atoms with Crippen LogP contribution in [0.4, 0.5) is 0 Å². The first-order valence-electron chi connectivity index (χ1n) is 5.30. The summed E-state index contributed by atoms with van der Waals surface area (Å²) in [6.45, 7) is 2.87. The van der Waals surface area contributed by atoms with Gasteiger partial charge >= 0.3 is 6.47 Å². The third-order valence-electron chi connectivity index (χ3n) is 1.96. The average Bonchev–Trinajstić information content (AvgIpc) is 2.21. The van der Waals surface area contributed by atoms with Gasteiger partial charge in [0.05, 0.1) is 6.61 Å². The van der Waals surface area contributed by atoms with Crippen LogP contribution >= 0.6 is 0 Å². The van der Waals surface area contributed by atoms with Crippen molar-refractivity contribution in [2.75, 3.05) is 6.61 Å². The Bertz CT molecular complexity index is 117. The molecule has 0 saturated heterocycles. The maximum Gasteiger partial charge on any atom is 0.334 e. The molecule has 0 fully saturated rings. The van der Waals surface area contributed by atoms with E-state index in [4.69, 9.17) is 0 Å². The Kier molecular flexibility index (Phi) is 11.9. The van der Waals surface area contributed by atoms with Gasteiger partial charge < -0.3 is 0 Å². The molecule has 0 radical (unpaired) electrons. The molecule has 0 heterocycles. The van der Waals surface area contributed by atoms with Gasteiger partial charge in [-0.15, -0.1) is 0 Å². The second kappa shape index (κ2) is 12.4. The minimum absolute atomic E-state index is 0.185. The molecule has 0 aromatic carbocycles. The average molecular weight is 204 g/mol. The van der Waals surface area contributed by atoms with Crippen LogP contribution in [0.5, 0.6) is 0 Å². The summed E-state index contributed by atoms with van der Waals surface area (Å²) in [4.78, 5) is 18.1. The lowest BCUT2D eigenvalue weighted by Gasteiger charge is -2.00. The topological polar surface area (TPSA) is 44.8 Å². The summed E-state index contributed by atoms with van der Waals surface area (Å²) in [7, 11) is 0. The summed E-state index contributed by atoms with van der Waals surface area (Å²) in [6.07, 6.45) is 8.52. The van der Waals surface area contributed by atoms with E-state index in [1.807, 2.05) is 0 Å². The molecule has 14 heavy (non-hydrogen) atoms. The van der Waals surface area contributed by atoms with Crippen molar-refractivity contribution >= 4 is 6.47 Å². The van der Waals surface area contributed by atoms with Crippen LogP contribution < -0.4 is 0 Å². The molecule has 0 aliphatic carbocycles. The van der Waals surface area contributed by atoms with Crippen LogP contribution in [-0.4, -0.2) is 13.1 Å². The Morgan fingerprint density at radius 2 is 1.64 bits per heavy atom. The molecule has 0 bridgehead atoms. The molecule has 0 aromatic heterocycles. The summed E-state index contributed by atoms with van der Waals surface area (Å²) in [5, 5.41) is 4.06. The molecule has 0 saturated carbocycles. The van der Waals surface area contributed by atoms with Crippen LogP contribution in [0, 0.1) is 0 Å². The Balaban J connectivity index is 2.81. The summed E-state index contributed by atoms with van der Waals surface area (Å²) < 4.78 is 0. The summed E-state index contributed by atoms with van der Waals surface area (Å²) >= 11 is 0. The third kappa shape index (κ3) is 11.4. The lowest BCUT2D eigenvalue weighted by Crippen LogP contribution is -1.97. The van der Waals surface area contributed by atoms with Gasteiger partial charge in [-0.3, -0.25) is 9.68 Å². The van der Waals surface area contributed by atoms with Crippen molar-refractivity contribution in [1.29, 1.82) is 0 Å². The molecule has 0 atom stereocenters. The van der Waals surface area contributed by atoms with Crippen molar-refractivity contribution in [2.45, 2.75) is 51.9 Å². The molecule has 4 nitrogen and oxygen atoms in total. The number of hydrogen-bond acceptors (Lipinski definition) is 4. The van der Waals surface area contributed by atoms with Crippen LogP contribution in [0.3, 0.4) is 0 Å². The Morgan fingerprint density at radius 3 is 2.29 bits per heavy atom. The lowest BCUT2D eigenvalue weighted by molar-refractivity contribution is -0.481. The van der Waals surface area contributed by atoms with Crippen LogP contribution in [0.1, 0.15) is 51.9 Å². The lowest BCUT2D eigenvalue weighted by atomic mass is 10.1. The van der Waals surface area contributed by atoms with Crippen LogP contribution in [0.25, 0.3) is 0 Å². The van der Waals surface area contributed by atoms with E-state index in [1.165, 1.54) is 32.1 Å². The Hall–Kier alpha value is -0.610. The van der Waals surface area contributed by atoms with Gasteiger partial charge in [0.25, 0.3) is 0 Å². The fraction of sp³-hybridized carbons (Fsp3) is 0.900. The minimum atomic E-state index is 0.185. The van der Waals surface area contributed by atoms with Crippen molar-refractivity contribution < 1.29 is 19.6 Å². The van der Waals surface area contributed by atoms with Crippen LogP contribution in [-0.2, 0) is 19.6 Å². The standard InChI is InChI=1S/C10H20O4/c1-2-3-4-5-6-7-8-9-12-14-13-10-11/h10H,2-9H2,1H3. The SMILES string of the molecule is CCCCCCCCCOOOC=O. The normalized spacial score (nSPS) is 10.1. The molecule has 4 heteroatoms. The van der Waals surface area contributed by atoms with Gasteiger partial charge in [-0.2, -0.15) is 4.89 Å². The molecule has 0 N–H and O–H groups in total. The predicted molar refractivity (Wildman–Crippen MR) is 52.2 cm³/mol. The first kappa shape index (κ1) is 13.4. The highest BCUT2D eigenvalue weighted by Gasteiger charge is 1.92. The third-order valence-corrected chi connectivity index (χ3v) is 1.96. The maximum absolute atomic E-state index is 9.61. The first-order chi connectivity index (χ1) is 6.91. The minimum Gasteiger partial charge on any atom is -0.272 e. The van der Waals surface area contributed by atoms with Crippen LogP contribution in [0.2, 0.25) is 0 Å². The highest BCUT2D eigenvalue weighted by atomic mass is 17.5. The molecule has 0 aliphatic rings. The molecule has 84 valence electrons. The monoisotopic (exact) mass is 204 g/mol. The van der Waals surface area contributed by atoms with E-state index < -0.39 is 0 Å². The van der Waals surface area contributed by atoms with E-state index in [9.17, 15) is 4.79 Å². The highest BCUT2D eigenvalue weighted by Crippen LogP contribution is 2.06. The van der Waals surface area contributed by atoms with E-state index in [2.05, 4.69) is 21.7 Å². The smallest absolute Gasteiger partial charge is 0.272 e. The summed E-state index contributed by atoms with van der Waals surface area (Å²) in [5.74, 6) is 0. The molecule has 0 spiro atoms. The number of rotatable bonds is 11. The van der Waals surface area contributed by atoms with Crippen molar-refractivity contribution in [3.63, 3.8) is 0 Å². The van der Waals surface area contributed by atoms with E-state index >= 15 is 0 Å². The van der Waals surface area contributed by atoms with Crippen LogP contribution in [0.15, 0.2) is 0 Å². The summed E-state index contributed by atoms with van der Waals surface area (Å²) in [5.41, 5.74) is 0. The molecular formula is C10H20O4. The quantitative estimate of drug-likeness (QED) is 0.225. The molecule has 0 amide bonds. The molecule has 0 aliphatic heterocycles. The van der Waals surface area contributed by atoms with Gasteiger partial charge in [-0.25, -0.2) is 0 Å². The Labute approximate surface area is 85.4 Å². The van der Waals surface area contributed by atoms with Gasteiger partial charge in [0.2, 0.25) is 0 Å². The van der Waals surface area contributed by atoms with Crippen molar-refractivity contribution in [2.24, 2.45) is 0 Å². The zero-order valence-corrected chi connectivity index (χ0v) is 8.87. The zero-order valence-electron chi connectivity index (χ0n) is 8.87. The summed E-state index contributed by atoms with van der Waals surface area (Å²) in [6, 6.07) is 0. The van der Waals surface area contributed by atoms with E-state index in [1.54, 1.807) is 0 Å². The number of unbranched alkanes of at least 4 members (excludes halogenated alkanes) is 6. The van der Waals surface area contributed by atoms with Crippen molar-refractivity contribution in [3.05, 3.63) is 0 Å². The second-order valence-corrected chi connectivity index (χ2v) is 3.20. The predicted octanol–water partition coefficient (Wildman–Crippen LogP) is 2.77. The van der Waals surface area contributed by atoms with E-state index in [0.717, 1.165) is 12.8 Å². The Morgan fingerprint density at radius 1 is 1.00 bits per heavy atom. The molecular weight excluding hydrogens is 184 g/mol. The molecule has 0 aromatic rings. The largest absolute Gasteiger partial charge is 0.334 e. The fourth-order valence-corrected chi connectivity index (χ4v) is 1.20. The highest BCUT2D eigenvalue weighted by molar-refractivity contribution is 5.35.